The quantitative estimate of drug-likeness (QED) is 0.769. The van der Waals surface area contributed by atoms with Gasteiger partial charge in [-0.2, -0.15) is 0 Å². The summed E-state index contributed by atoms with van der Waals surface area (Å²) < 4.78 is 0.986. The van der Waals surface area contributed by atoms with Gasteiger partial charge in [-0.05, 0) is 30.7 Å². The number of rotatable bonds is 8. The van der Waals surface area contributed by atoms with Gasteiger partial charge in [0.15, 0.2) is 0 Å². The summed E-state index contributed by atoms with van der Waals surface area (Å²) >= 11 is 3.36. The molecular formula is C14H20BrNO3. The van der Waals surface area contributed by atoms with Crippen molar-refractivity contribution >= 4 is 21.9 Å². The van der Waals surface area contributed by atoms with Crippen LogP contribution < -0.4 is 0 Å². The van der Waals surface area contributed by atoms with Crippen LogP contribution in [-0.2, 0) is 4.79 Å². The fourth-order valence-corrected chi connectivity index (χ4v) is 2.10. The number of hydrogen-bond donors (Lipinski definition) is 2. The van der Waals surface area contributed by atoms with Gasteiger partial charge in [-0.25, -0.2) is 0 Å². The van der Waals surface area contributed by atoms with E-state index in [1.807, 2.05) is 36.1 Å². The van der Waals surface area contributed by atoms with E-state index in [-0.39, 0.29) is 6.42 Å². The molecule has 106 valence electrons. The number of nitrogens with zero attached hydrogens (tertiary/aromatic N) is 1. The summed E-state index contributed by atoms with van der Waals surface area (Å²) in [7, 11) is 0. The van der Waals surface area contributed by atoms with E-state index in [1.165, 1.54) is 0 Å². The Morgan fingerprint density at radius 2 is 1.95 bits per heavy atom. The minimum Gasteiger partial charge on any atom is -0.481 e. The lowest BCUT2D eigenvalue weighted by molar-refractivity contribution is -0.137. The van der Waals surface area contributed by atoms with Gasteiger partial charge < -0.3 is 15.1 Å². The van der Waals surface area contributed by atoms with Crippen LogP contribution in [0.3, 0.4) is 0 Å². The van der Waals surface area contributed by atoms with E-state index in [0.29, 0.717) is 19.5 Å². The molecule has 0 spiro atoms. The summed E-state index contributed by atoms with van der Waals surface area (Å²) in [5, 5.41) is 18.7. The lowest BCUT2D eigenvalue weighted by atomic mass is 10.1. The lowest BCUT2D eigenvalue weighted by Gasteiger charge is -2.21. The molecule has 0 aliphatic carbocycles. The molecule has 0 amide bonds. The summed E-state index contributed by atoms with van der Waals surface area (Å²) in [5.74, 6) is -0.785. The van der Waals surface area contributed by atoms with Crippen molar-refractivity contribution < 1.29 is 15.0 Å². The monoisotopic (exact) mass is 329 g/mol. The van der Waals surface area contributed by atoms with Crippen LogP contribution in [0.4, 0.5) is 0 Å². The Kier molecular flexibility index (Phi) is 7.05. The Balaban J connectivity index is 2.41. The molecule has 1 unspecified atom stereocenters. The molecular weight excluding hydrogens is 310 g/mol. The predicted molar refractivity (Wildman–Crippen MR) is 78.1 cm³/mol. The maximum atomic E-state index is 10.5. The van der Waals surface area contributed by atoms with Gasteiger partial charge in [0.2, 0.25) is 0 Å². The number of carboxylic acids is 1. The zero-order valence-electron chi connectivity index (χ0n) is 11.1. The summed E-state index contributed by atoms with van der Waals surface area (Å²) in [6.07, 6.45) is 0.240. The Bertz CT molecular complexity index is 394. The molecule has 0 heterocycles. The normalized spacial score (nSPS) is 12.6. The van der Waals surface area contributed by atoms with Crippen LogP contribution in [0, 0.1) is 0 Å². The minimum atomic E-state index is -0.785. The van der Waals surface area contributed by atoms with Crippen LogP contribution in [0.25, 0.3) is 0 Å². The first-order valence-electron chi connectivity index (χ1n) is 6.40. The van der Waals surface area contributed by atoms with Gasteiger partial charge in [-0.3, -0.25) is 4.79 Å². The average Bonchev–Trinajstić information content (AvgIpc) is 2.39. The Morgan fingerprint density at radius 1 is 1.32 bits per heavy atom. The third-order valence-corrected chi connectivity index (χ3v) is 3.59. The summed E-state index contributed by atoms with van der Waals surface area (Å²) in [6.45, 7) is 4.01. The standard InChI is InChI=1S/C14H20BrNO3/c1-2-16(10-8-14(18)19)9-7-13(17)11-3-5-12(15)6-4-11/h3-6,13,17H,2,7-10H2,1H3,(H,18,19). The fourth-order valence-electron chi connectivity index (χ4n) is 1.84. The second-order valence-electron chi connectivity index (χ2n) is 4.43. The highest BCUT2D eigenvalue weighted by Gasteiger charge is 2.11. The van der Waals surface area contributed by atoms with Gasteiger partial charge in [0.25, 0.3) is 0 Å². The molecule has 19 heavy (non-hydrogen) atoms. The van der Waals surface area contributed by atoms with Gasteiger partial charge in [0.1, 0.15) is 0 Å². The van der Waals surface area contributed by atoms with Gasteiger partial charge in [-0.15, -0.1) is 0 Å². The second kappa shape index (κ2) is 8.30. The molecule has 0 aliphatic heterocycles. The van der Waals surface area contributed by atoms with Crippen LogP contribution >= 0.6 is 15.9 Å². The molecule has 0 bridgehead atoms. The topological polar surface area (TPSA) is 60.8 Å². The molecule has 4 nitrogen and oxygen atoms in total. The summed E-state index contributed by atoms with van der Waals surface area (Å²) in [5.41, 5.74) is 0.887. The molecule has 2 N–H and O–H groups in total. The third kappa shape index (κ3) is 6.18. The molecule has 0 aromatic heterocycles. The molecule has 5 heteroatoms. The van der Waals surface area contributed by atoms with Crippen molar-refractivity contribution in [1.82, 2.24) is 4.90 Å². The van der Waals surface area contributed by atoms with Crippen LogP contribution in [-0.4, -0.2) is 40.7 Å². The molecule has 1 atom stereocenters. The van der Waals surface area contributed by atoms with E-state index in [4.69, 9.17) is 5.11 Å². The van der Waals surface area contributed by atoms with Crippen molar-refractivity contribution in [3.63, 3.8) is 0 Å². The van der Waals surface area contributed by atoms with Crippen LogP contribution in [0.2, 0.25) is 0 Å². The smallest absolute Gasteiger partial charge is 0.304 e. The number of hydrogen-bond acceptors (Lipinski definition) is 3. The summed E-state index contributed by atoms with van der Waals surface area (Å²) in [4.78, 5) is 12.6. The highest BCUT2D eigenvalue weighted by atomic mass is 79.9. The maximum absolute atomic E-state index is 10.5. The number of carboxylic acid groups (broad SMARTS) is 1. The van der Waals surface area contributed by atoms with E-state index in [0.717, 1.165) is 16.6 Å². The van der Waals surface area contributed by atoms with Crippen LogP contribution in [0.5, 0.6) is 0 Å². The van der Waals surface area contributed by atoms with Crippen LogP contribution in [0.1, 0.15) is 31.4 Å². The largest absolute Gasteiger partial charge is 0.481 e. The average molecular weight is 330 g/mol. The van der Waals surface area contributed by atoms with E-state index < -0.39 is 12.1 Å². The number of carbonyl (C=O) groups is 1. The van der Waals surface area contributed by atoms with Crippen molar-refractivity contribution in [2.45, 2.75) is 25.9 Å². The maximum Gasteiger partial charge on any atom is 0.304 e. The number of aliphatic carboxylic acids is 1. The Hall–Kier alpha value is -0.910. The highest BCUT2D eigenvalue weighted by molar-refractivity contribution is 9.10. The SMILES string of the molecule is CCN(CCC(=O)O)CCC(O)c1ccc(Br)cc1. The van der Waals surface area contributed by atoms with Gasteiger partial charge in [0, 0.05) is 17.6 Å². The van der Waals surface area contributed by atoms with Crippen molar-refractivity contribution in [2.75, 3.05) is 19.6 Å². The molecule has 0 saturated carbocycles. The molecule has 1 rings (SSSR count). The van der Waals surface area contributed by atoms with Crippen molar-refractivity contribution in [3.8, 4) is 0 Å². The third-order valence-electron chi connectivity index (χ3n) is 3.06. The molecule has 1 aromatic rings. The number of aliphatic hydroxyl groups excluding tert-OH is 1. The van der Waals surface area contributed by atoms with Gasteiger partial charge >= 0.3 is 5.97 Å². The molecule has 1 aromatic carbocycles. The van der Waals surface area contributed by atoms with Gasteiger partial charge in [0.05, 0.1) is 12.5 Å². The number of benzene rings is 1. The predicted octanol–water partition coefficient (Wildman–Crippen LogP) is 2.67. The number of aliphatic hydroxyl groups is 1. The van der Waals surface area contributed by atoms with Crippen molar-refractivity contribution in [2.24, 2.45) is 0 Å². The lowest BCUT2D eigenvalue weighted by Crippen LogP contribution is -2.28. The first-order chi connectivity index (χ1) is 9.02. The minimum absolute atomic E-state index is 0.141. The van der Waals surface area contributed by atoms with Crippen LogP contribution in [0.15, 0.2) is 28.7 Å². The summed E-state index contributed by atoms with van der Waals surface area (Å²) in [6, 6.07) is 7.59. The number of halogens is 1. The first kappa shape index (κ1) is 16.1. The molecule has 0 radical (unpaired) electrons. The van der Waals surface area contributed by atoms with E-state index in [9.17, 15) is 9.90 Å². The van der Waals surface area contributed by atoms with Crippen molar-refractivity contribution in [3.05, 3.63) is 34.3 Å². The fraction of sp³-hybridized carbons (Fsp3) is 0.500. The zero-order chi connectivity index (χ0) is 14.3. The van der Waals surface area contributed by atoms with Gasteiger partial charge in [-0.1, -0.05) is 35.0 Å². The van der Waals surface area contributed by atoms with E-state index >= 15 is 0 Å². The molecule has 0 fully saturated rings. The Labute approximate surface area is 122 Å². The zero-order valence-corrected chi connectivity index (χ0v) is 12.6. The highest BCUT2D eigenvalue weighted by Crippen LogP contribution is 2.19. The second-order valence-corrected chi connectivity index (χ2v) is 5.35. The van der Waals surface area contributed by atoms with E-state index in [2.05, 4.69) is 15.9 Å². The Morgan fingerprint density at radius 3 is 2.47 bits per heavy atom. The molecule has 0 saturated heterocycles. The van der Waals surface area contributed by atoms with Crippen molar-refractivity contribution in [1.29, 1.82) is 0 Å². The first-order valence-corrected chi connectivity index (χ1v) is 7.20. The van der Waals surface area contributed by atoms with E-state index in [1.54, 1.807) is 0 Å². The molecule has 0 aliphatic rings.